The molecule has 0 amide bonds. The van der Waals surface area contributed by atoms with Gasteiger partial charge in [0.15, 0.2) is 5.13 Å². The Morgan fingerprint density at radius 1 is 1.43 bits per heavy atom. The van der Waals surface area contributed by atoms with Gasteiger partial charge in [0.1, 0.15) is 4.88 Å². The minimum atomic E-state index is -4.48. The molecule has 9 heteroatoms. The molecule has 0 atom stereocenters. The number of hydrogen-bond acceptors (Lipinski definition) is 4. The summed E-state index contributed by atoms with van der Waals surface area (Å²) in [5, 5.41) is 11.8. The zero-order valence-corrected chi connectivity index (χ0v) is 12.9. The number of carbonyl (C=O) groups is 1. The highest BCUT2D eigenvalue weighted by atomic mass is 79.9. The second-order valence-corrected chi connectivity index (χ2v) is 5.91. The van der Waals surface area contributed by atoms with Crippen LogP contribution in [0.25, 0.3) is 0 Å². The minimum absolute atomic E-state index is 0.0469. The number of anilines is 2. The number of nitrogens with zero attached hydrogens (tertiary/aromatic N) is 1. The smallest absolute Gasteiger partial charge is 0.417 e. The van der Waals surface area contributed by atoms with Gasteiger partial charge < -0.3 is 10.4 Å². The van der Waals surface area contributed by atoms with E-state index in [2.05, 4.69) is 26.2 Å². The molecule has 0 saturated heterocycles. The second-order valence-electron chi connectivity index (χ2n) is 4.06. The number of aryl methyl sites for hydroxylation is 1. The molecule has 1 heterocycles. The van der Waals surface area contributed by atoms with Gasteiger partial charge in [-0.15, -0.1) is 0 Å². The predicted octanol–water partition coefficient (Wildman–Crippen LogP) is 4.67. The first kappa shape index (κ1) is 15.8. The summed E-state index contributed by atoms with van der Waals surface area (Å²) in [6, 6.07) is 3.64. The average molecular weight is 381 g/mol. The Kier molecular flexibility index (Phi) is 4.24. The molecule has 0 aliphatic rings. The number of aromatic carboxylic acids is 1. The van der Waals surface area contributed by atoms with Crippen LogP contribution >= 0.6 is 27.3 Å². The van der Waals surface area contributed by atoms with Crippen molar-refractivity contribution >= 4 is 44.1 Å². The highest BCUT2D eigenvalue weighted by molar-refractivity contribution is 9.10. The Hall–Kier alpha value is -1.61. The Bertz CT molecular complexity index is 700. The van der Waals surface area contributed by atoms with E-state index in [-0.39, 0.29) is 20.2 Å². The number of halogens is 4. The van der Waals surface area contributed by atoms with Gasteiger partial charge in [-0.25, -0.2) is 9.78 Å². The van der Waals surface area contributed by atoms with E-state index in [4.69, 9.17) is 5.11 Å². The van der Waals surface area contributed by atoms with Crippen molar-refractivity contribution in [1.82, 2.24) is 4.98 Å². The lowest BCUT2D eigenvalue weighted by atomic mass is 10.2. The molecular weight excluding hydrogens is 373 g/mol. The Morgan fingerprint density at radius 3 is 2.62 bits per heavy atom. The number of thiazole rings is 1. The molecular formula is C12H8BrF3N2O2S. The standard InChI is InChI=1S/C12H8BrF3N2O2S/c1-5-9(10(19)20)21-11(17-5)18-6-2-3-8(13)7(4-6)12(14,15)16/h2-4H,1H3,(H,17,18)(H,19,20). The molecule has 2 rings (SSSR count). The van der Waals surface area contributed by atoms with E-state index in [1.165, 1.54) is 19.1 Å². The van der Waals surface area contributed by atoms with Crippen LogP contribution in [0.5, 0.6) is 0 Å². The molecule has 0 spiro atoms. The van der Waals surface area contributed by atoms with Crippen LogP contribution in [0, 0.1) is 6.92 Å². The van der Waals surface area contributed by atoms with Gasteiger partial charge in [-0.1, -0.05) is 27.3 Å². The molecule has 0 aliphatic carbocycles. The molecule has 2 aromatic rings. The molecule has 112 valence electrons. The fourth-order valence-corrected chi connectivity index (χ4v) is 2.89. The third-order valence-corrected chi connectivity index (χ3v) is 4.27. The SMILES string of the molecule is Cc1nc(Nc2ccc(Br)c(C(F)(F)F)c2)sc1C(=O)O. The molecule has 21 heavy (non-hydrogen) atoms. The zero-order valence-electron chi connectivity index (χ0n) is 10.5. The number of nitrogens with one attached hydrogen (secondary N) is 1. The fourth-order valence-electron chi connectivity index (χ4n) is 1.59. The van der Waals surface area contributed by atoms with Crippen LogP contribution in [0.3, 0.4) is 0 Å². The minimum Gasteiger partial charge on any atom is -0.477 e. The van der Waals surface area contributed by atoms with Crippen molar-refractivity contribution in [2.75, 3.05) is 5.32 Å². The summed E-state index contributed by atoms with van der Waals surface area (Å²) in [6.45, 7) is 1.52. The molecule has 0 unspecified atom stereocenters. The van der Waals surface area contributed by atoms with Crippen molar-refractivity contribution in [3.63, 3.8) is 0 Å². The lowest BCUT2D eigenvalue weighted by Gasteiger charge is -2.11. The summed E-state index contributed by atoms with van der Waals surface area (Å²) in [7, 11) is 0. The van der Waals surface area contributed by atoms with Gasteiger partial charge in [-0.2, -0.15) is 13.2 Å². The highest BCUT2D eigenvalue weighted by Gasteiger charge is 2.33. The summed E-state index contributed by atoms with van der Waals surface area (Å²) in [5.41, 5.74) is -0.335. The van der Waals surface area contributed by atoms with E-state index in [1.54, 1.807) is 0 Å². The summed E-state index contributed by atoms with van der Waals surface area (Å²) < 4.78 is 38.3. The second kappa shape index (κ2) is 5.64. The van der Waals surface area contributed by atoms with Gasteiger partial charge in [0.2, 0.25) is 0 Å². The van der Waals surface area contributed by atoms with E-state index in [9.17, 15) is 18.0 Å². The van der Waals surface area contributed by atoms with E-state index in [1.807, 2.05) is 0 Å². The Balaban J connectivity index is 2.32. The van der Waals surface area contributed by atoms with Crippen molar-refractivity contribution in [3.05, 3.63) is 38.8 Å². The molecule has 0 saturated carbocycles. The summed E-state index contributed by atoms with van der Waals surface area (Å²) in [6.07, 6.45) is -4.48. The predicted molar refractivity (Wildman–Crippen MR) is 76.2 cm³/mol. The van der Waals surface area contributed by atoms with Crippen LogP contribution < -0.4 is 5.32 Å². The molecule has 1 aromatic carbocycles. The topological polar surface area (TPSA) is 62.2 Å². The molecule has 4 nitrogen and oxygen atoms in total. The number of benzene rings is 1. The maximum absolute atomic E-state index is 12.8. The van der Waals surface area contributed by atoms with Crippen molar-refractivity contribution < 1.29 is 23.1 Å². The van der Waals surface area contributed by atoms with Gasteiger partial charge in [0.05, 0.1) is 11.3 Å². The number of alkyl halides is 3. The van der Waals surface area contributed by atoms with Gasteiger partial charge >= 0.3 is 12.1 Å². The van der Waals surface area contributed by atoms with Crippen LogP contribution in [-0.4, -0.2) is 16.1 Å². The lowest BCUT2D eigenvalue weighted by Crippen LogP contribution is -2.06. The largest absolute Gasteiger partial charge is 0.477 e. The van der Waals surface area contributed by atoms with Gasteiger partial charge in [0, 0.05) is 10.2 Å². The molecule has 0 radical (unpaired) electrons. The normalized spacial score (nSPS) is 11.5. The highest BCUT2D eigenvalue weighted by Crippen LogP contribution is 2.37. The van der Waals surface area contributed by atoms with Crippen molar-refractivity contribution in [2.45, 2.75) is 13.1 Å². The number of carboxylic acids is 1. The molecule has 1 aromatic heterocycles. The van der Waals surface area contributed by atoms with Crippen LogP contribution in [0.2, 0.25) is 0 Å². The zero-order chi connectivity index (χ0) is 15.8. The van der Waals surface area contributed by atoms with Crippen molar-refractivity contribution in [2.24, 2.45) is 0 Å². The van der Waals surface area contributed by atoms with E-state index in [0.29, 0.717) is 5.69 Å². The summed E-state index contributed by atoms with van der Waals surface area (Å²) >= 11 is 3.71. The lowest BCUT2D eigenvalue weighted by molar-refractivity contribution is -0.138. The summed E-state index contributed by atoms with van der Waals surface area (Å²) in [5.74, 6) is -1.12. The quantitative estimate of drug-likeness (QED) is 0.811. The van der Waals surface area contributed by atoms with Gasteiger partial charge in [0.25, 0.3) is 0 Å². The van der Waals surface area contributed by atoms with E-state index >= 15 is 0 Å². The fraction of sp³-hybridized carbons (Fsp3) is 0.167. The summed E-state index contributed by atoms with van der Waals surface area (Å²) in [4.78, 5) is 14.9. The van der Waals surface area contributed by atoms with Crippen LogP contribution in [0.15, 0.2) is 22.7 Å². The van der Waals surface area contributed by atoms with Crippen molar-refractivity contribution in [1.29, 1.82) is 0 Å². The maximum atomic E-state index is 12.8. The number of carboxylic acid groups (broad SMARTS) is 1. The van der Waals surface area contributed by atoms with Gasteiger partial charge in [-0.05, 0) is 25.1 Å². The Labute approximate surface area is 129 Å². The Morgan fingerprint density at radius 2 is 2.10 bits per heavy atom. The number of hydrogen-bond donors (Lipinski definition) is 2. The molecule has 2 N–H and O–H groups in total. The van der Waals surface area contributed by atoms with Crippen LogP contribution in [0.1, 0.15) is 20.9 Å². The maximum Gasteiger partial charge on any atom is 0.417 e. The first-order valence-corrected chi connectivity index (χ1v) is 7.14. The molecule has 0 bridgehead atoms. The van der Waals surface area contributed by atoms with E-state index in [0.717, 1.165) is 17.4 Å². The van der Waals surface area contributed by atoms with Gasteiger partial charge in [-0.3, -0.25) is 0 Å². The molecule has 0 aliphatic heterocycles. The van der Waals surface area contributed by atoms with E-state index < -0.39 is 17.7 Å². The van der Waals surface area contributed by atoms with Crippen molar-refractivity contribution in [3.8, 4) is 0 Å². The first-order valence-electron chi connectivity index (χ1n) is 5.53. The average Bonchev–Trinajstić information content (AvgIpc) is 2.71. The number of rotatable bonds is 3. The monoisotopic (exact) mass is 380 g/mol. The third-order valence-electron chi connectivity index (χ3n) is 2.51. The number of aromatic nitrogens is 1. The molecule has 0 fully saturated rings. The first-order chi connectivity index (χ1) is 9.68. The van der Waals surface area contributed by atoms with Crippen LogP contribution in [0.4, 0.5) is 24.0 Å². The third kappa shape index (κ3) is 3.53. The van der Waals surface area contributed by atoms with Crippen LogP contribution in [-0.2, 0) is 6.18 Å².